The van der Waals surface area contributed by atoms with Gasteiger partial charge in [0.2, 0.25) is 0 Å². The highest BCUT2D eigenvalue weighted by molar-refractivity contribution is 7.47. The molecule has 0 aromatic heterocycles. The second-order valence-corrected chi connectivity index (χ2v) is 21.7. The summed E-state index contributed by atoms with van der Waals surface area (Å²) in [4.78, 5) is 35.2. The number of phosphoric ester groups is 1. The van der Waals surface area contributed by atoms with Gasteiger partial charge in [-0.05, 0) is 51.4 Å². The van der Waals surface area contributed by atoms with Crippen molar-refractivity contribution in [1.29, 1.82) is 0 Å². The number of allylic oxidation sites excluding steroid dienone is 6. The molecule has 0 aromatic rings. The van der Waals surface area contributed by atoms with Crippen LogP contribution < -0.4 is 5.73 Å². The molecule has 0 aliphatic carbocycles. The van der Waals surface area contributed by atoms with Crippen LogP contribution in [0.3, 0.4) is 0 Å². The van der Waals surface area contributed by atoms with Crippen molar-refractivity contribution in [2.24, 2.45) is 5.73 Å². The Bertz CT molecular complexity index is 1240. The summed E-state index contributed by atoms with van der Waals surface area (Å²) in [7, 11) is -4.39. The Morgan fingerprint density at radius 1 is 0.429 bits per heavy atom. The minimum absolute atomic E-state index is 0.0546. The van der Waals surface area contributed by atoms with Crippen LogP contribution in [0, 0.1) is 0 Å². The number of nitrogens with two attached hydrogens (primary N) is 1. The average Bonchev–Trinajstić information content (AvgIpc) is 3.35. The highest BCUT2D eigenvalue weighted by atomic mass is 31.2. The zero-order valence-corrected chi connectivity index (χ0v) is 46.9. The van der Waals surface area contributed by atoms with Crippen LogP contribution in [0.2, 0.25) is 0 Å². The van der Waals surface area contributed by atoms with Crippen molar-refractivity contribution < 1.29 is 37.6 Å². The average molecular weight is 1010 g/mol. The maximum Gasteiger partial charge on any atom is 0.472 e. The molecule has 0 aliphatic rings. The molecule has 0 rings (SSSR count). The van der Waals surface area contributed by atoms with Crippen LogP contribution in [0.25, 0.3) is 0 Å². The van der Waals surface area contributed by atoms with Crippen molar-refractivity contribution in [3.8, 4) is 0 Å². The van der Waals surface area contributed by atoms with Gasteiger partial charge in [-0.25, -0.2) is 4.57 Å². The van der Waals surface area contributed by atoms with E-state index in [0.29, 0.717) is 6.42 Å². The van der Waals surface area contributed by atoms with Gasteiger partial charge in [0.25, 0.3) is 0 Å². The number of hydrogen-bond donors (Lipinski definition) is 2. The topological polar surface area (TPSA) is 134 Å². The van der Waals surface area contributed by atoms with Crippen molar-refractivity contribution in [3.05, 3.63) is 36.5 Å². The molecule has 0 bridgehead atoms. The van der Waals surface area contributed by atoms with Crippen LogP contribution in [0.5, 0.6) is 0 Å². The highest BCUT2D eigenvalue weighted by Gasteiger charge is 2.26. The van der Waals surface area contributed by atoms with E-state index in [1.54, 1.807) is 0 Å². The molecule has 0 aromatic carbocycles. The monoisotopic (exact) mass is 1010 g/mol. The van der Waals surface area contributed by atoms with Crippen LogP contribution >= 0.6 is 7.82 Å². The molecular weight excluding hydrogens is 894 g/mol. The summed E-state index contributed by atoms with van der Waals surface area (Å²) in [5.41, 5.74) is 5.39. The molecule has 10 heteroatoms. The standard InChI is InChI=1S/C60H114NO8P/c1-3-5-7-9-11-13-15-17-19-21-23-25-27-28-29-30-31-33-35-37-39-41-43-45-47-49-51-53-60(63)69-58(57-68-70(64,65)67-55-54-61)56-66-59(62)52-50-48-46-44-42-40-38-36-34-32-26-24-22-20-18-16-14-12-10-8-6-4-2/h15,17,21,23,27-28,58H,3-14,16,18-20,22,24-26,29-57,61H2,1-2H3,(H,64,65)/b17-15-,23-21-,28-27-. The second kappa shape index (κ2) is 56.5. The summed E-state index contributed by atoms with van der Waals surface area (Å²) in [6.07, 6.45) is 67.7. The number of esters is 2. The summed E-state index contributed by atoms with van der Waals surface area (Å²) in [5.74, 6) is -0.814. The molecule has 2 atom stereocenters. The van der Waals surface area contributed by atoms with Gasteiger partial charge in [0, 0.05) is 19.4 Å². The summed E-state index contributed by atoms with van der Waals surface area (Å²) in [6.45, 7) is 3.78. The van der Waals surface area contributed by atoms with Gasteiger partial charge >= 0.3 is 19.8 Å². The zero-order valence-electron chi connectivity index (χ0n) is 46.0. The van der Waals surface area contributed by atoms with E-state index in [-0.39, 0.29) is 38.6 Å². The summed E-state index contributed by atoms with van der Waals surface area (Å²) in [6, 6.07) is 0. The number of carbonyl (C=O) groups is 2. The minimum atomic E-state index is -4.39. The number of rotatable bonds is 57. The Balaban J connectivity index is 3.94. The van der Waals surface area contributed by atoms with Gasteiger partial charge in [-0.15, -0.1) is 0 Å². The van der Waals surface area contributed by atoms with E-state index < -0.39 is 26.5 Å². The Hall–Kier alpha value is -1.77. The third-order valence-corrected chi connectivity index (χ3v) is 14.3. The first-order valence-electron chi connectivity index (χ1n) is 30.0. The van der Waals surface area contributed by atoms with E-state index in [1.165, 1.54) is 218 Å². The van der Waals surface area contributed by atoms with E-state index >= 15 is 0 Å². The molecule has 0 amide bonds. The molecule has 0 saturated heterocycles. The van der Waals surface area contributed by atoms with Crippen LogP contribution in [-0.2, 0) is 32.7 Å². The molecular formula is C60H114NO8P. The van der Waals surface area contributed by atoms with E-state index in [2.05, 4.69) is 50.3 Å². The first-order valence-corrected chi connectivity index (χ1v) is 31.5. The van der Waals surface area contributed by atoms with E-state index in [9.17, 15) is 19.0 Å². The molecule has 0 spiro atoms. The fourth-order valence-electron chi connectivity index (χ4n) is 8.82. The third kappa shape index (κ3) is 55.5. The van der Waals surface area contributed by atoms with Gasteiger partial charge < -0.3 is 20.1 Å². The van der Waals surface area contributed by atoms with Crippen molar-refractivity contribution in [2.45, 2.75) is 309 Å². The fraction of sp³-hybridized carbons (Fsp3) is 0.867. The van der Waals surface area contributed by atoms with Crippen LogP contribution in [-0.4, -0.2) is 49.3 Å². The Kier molecular flexibility index (Phi) is 55.1. The predicted octanol–water partition coefficient (Wildman–Crippen LogP) is 18.8. The molecule has 412 valence electrons. The van der Waals surface area contributed by atoms with Gasteiger partial charge in [-0.1, -0.05) is 275 Å². The quantitative estimate of drug-likeness (QED) is 0.0264. The predicted molar refractivity (Wildman–Crippen MR) is 298 cm³/mol. The molecule has 9 nitrogen and oxygen atoms in total. The number of hydrogen-bond acceptors (Lipinski definition) is 8. The molecule has 0 aliphatic heterocycles. The lowest BCUT2D eigenvalue weighted by Crippen LogP contribution is -2.29. The number of phosphoric acid groups is 1. The van der Waals surface area contributed by atoms with Gasteiger partial charge in [0.1, 0.15) is 6.61 Å². The smallest absolute Gasteiger partial charge is 0.462 e. The molecule has 70 heavy (non-hydrogen) atoms. The second-order valence-electron chi connectivity index (χ2n) is 20.2. The number of unbranched alkanes of at least 4 members (excludes halogenated alkanes) is 38. The summed E-state index contributed by atoms with van der Waals surface area (Å²) in [5, 5.41) is 0. The van der Waals surface area contributed by atoms with Crippen LogP contribution in [0.1, 0.15) is 303 Å². The summed E-state index contributed by atoms with van der Waals surface area (Å²) >= 11 is 0. The zero-order chi connectivity index (χ0) is 51.0. The molecule has 3 N–H and O–H groups in total. The normalized spacial score (nSPS) is 13.3. The van der Waals surface area contributed by atoms with Gasteiger partial charge in [-0.3, -0.25) is 18.6 Å². The van der Waals surface area contributed by atoms with Crippen molar-refractivity contribution >= 4 is 19.8 Å². The lowest BCUT2D eigenvalue weighted by molar-refractivity contribution is -0.161. The Labute approximate surface area is 433 Å². The van der Waals surface area contributed by atoms with Gasteiger partial charge in [0.05, 0.1) is 13.2 Å². The van der Waals surface area contributed by atoms with E-state index in [0.717, 1.165) is 51.4 Å². The van der Waals surface area contributed by atoms with Gasteiger partial charge in [-0.2, -0.15) is 0 Å². The first-order chi connectivity index (χ1) is 34.3. The largest absolute Gasteiger partial charge is 0.472 e. The molecule has 0 radical (unpaired) electrons. The summed E-state index contributed by atoms with van der Waals surface area (Å²) < 4.78 is 33.1. The number of ether oxygens (including phenoxy) is 2. The lowest BCUT2D eigenvalue weighted by Gasteiger charge is -2.19. The molecule has 0 saturated carbocycles. The Morgan fingerprint density at radius 3 is 1.10 bits per heavy atom. The van der Waals surface area contributed by atoms with Crippen molar-refractivity contribution in [1.82, 2.24) is 0 Å². The first kappa shape index (κ1) is 68.2. The Morgan fingerprint density at radius 2 is 0.743 bits per heavy atom. The van der Waals surface area contributed by atoms with E-state index in [4.69, 9.17) is 24.3 Å². The maximum atomic E-state index is 12.7. The van der Waals surface area contributed by atoms with Crippen LogP contribution in [0.15, 0.2) is 36.5 Å². The lowest BCUT2D eigenvalue weighted by atomic mass is 10.0. The molecule has 2 unspecified atom stereocenters. The van der Waals surface area contributed by atoms with E-state index in [1.807, 2.05) is 0 Å². The third-order valence-electron chi connectivity index (χ3n) is 13.3. The maximum absolute atomic E-state index is 12.7. The number of carbonyl (C=O) groups excluding carboxylic acids is 2. The van der Waals surface area contributed by atoms with Crippen LogP contribution in [0.4, 0.5) is 0 Å². The fourth-order valence-corrected chi connectivity index (χ4v) is 9.59. The van der Waals surface area contributed by atoms with Crippen molar-refractivity contribution in [2.75, 3.05) is 26.4 Å². The highest BCUT2D eigenvalue weighted by Crippen LogP contribution is 2.43. The molecule has 0 heterocycles. The van der Waals surface area contributed by atoms with Crippen molar-refractivity contribution in [3.63, 3.8) is 0 Å². The van der Waals surface area contributed by atoms with Gasteiger partial charge in [0.15, 0.2) is 6.10 Å². The SMILES string of the molecule is CCCCCCC/C=C\C/C=C\C/C=C\CCCCCCCCCCCCCCC(=O)OC(COC(=O)CCCCCCCCCCCCCCCCCCCCCCCC)COP(=O)(O)OCCN. The molecule has 0 fully saturated rings. The minimum Gasteiger partial charge on any atom is -0.462 e.